The van der Waals surface area contributed by atoms with Crippen LogP contribution in [0.1, 0.15) is 31.1 Å². The van der Waals surface area contributed by atoms with Gasteiger partial charge in [0.1, 0.15) is 11.8 Å². The molecule has 0 heterocycles. The van der Waals surface area contributed by atoms with E-state index in [4.69, 9.17) is 4.74 Å². The molecule has 2 N–H and O–H groups in total. The summed E-state index contributed by atoms with van der Waals surface area (Å²) in [6, 6.07) is 13.6. The number of carbonyl (C=O) groups excluding carboxylic acids is 2. The normalized spacial score (nSPS) is 11.7. The standard InChI is InChI=1S/C20H23BrN2O3/c1-4-26-17-8-6-5-7-16(17)19(24)23-18(13(2)3)20(25)22-15-11-9-14(21)10-12-15/h5-13,18H,4H2,1-3H3,(H,22,25)(H,23,24)/t18-/m0/s1. The molecule has 0 saturated carbocycles. The maximum atomic E-state index is 12.7. The Morgan fingerprint density at radius 3 is 2.35 bits per heavy atom. The quantitative estimate of drug-likeness (QED) is 0.706. The van der Waals surface area contributed by atoms with Gasteiger partial charge in [-0.15, -0.1) is 0 Å². The first-order chi connectivity index (χ1) is 12.4. The van der Waals surface area contributed by atoms with Crippen molar-refractivity contribution in [3.63, 3.8) is 0 Å². The summed E-state index contributed by atoms with van der Waals surface area (Å²) in [6.45, 7) is 6.10. The molecule has 0 saturated heterocycles. The molecule has 0 aliphatic rings. The van der Waals surface area contributed by atoms with E-state index in [0.717, 1.165) is 4.47 Å². The summed E-state index contributed by atoms with van der Waals surface area (Å²) in [5.74, 6) is -0.166. The molecule has 6 heteroatoms. The first-order valence-electron chi connectivity index (χ1n) is 8.51. The topological polar surface area (TPSA) is 67.4 Å². The van der Waals surface area contributed by atoms with Crippen molar-refractivity contribution in [2.45, 2.75) is 26.8 Å². The summed E-state index contributed by atoms with van der Waals surface area (Å²) >= 11 is 3.36. The van der Waals surface area contributed by atoms with Gasteiger partial charge in [0, 0.05) is 10.2 Å². The predicted octanol–water partition coefficient (Wildman–Crippen LogP) is 4.24. The minimum absolute atomic E-state index is 0.0753. The van der Waals surface area contributed by atoms with E-state index < -0.39 is 6.04 Å². The molecule has 138 valence electrons. The minimum Gasteiger partial charge on any atom is -0.493 e. The molecule has 0 aliphatic carbocycles. The van der Waals surface area contributed by atoms with Crippen molar-refractivity contribution in [2.75, 3.05) is 11.9 Å². The molecule has 2 aromatic rings. The zero-order chi connectivity index (χ0) is 19.1. The van der Waals surface area contributed by atoms with E-state index in [1.165, 1.54) is 0 Å². The number of nitrogens with one attached hydrogen (secondary N) is 2. The summed E-state index contributed by atoms with van der Waals surface area (Å²) in [4.78, 5) is 25.3. The van der Waals surface area contributed by atoms with E-state index in [2.05, 4.69) is 26.6 Å². The van der Waals surface area contributed by atoms with Crippen molar-refractivity contribution in [1.82, 2.24) is 5.32 Å². The van der Waals surface area contributed by atoms with Crippen LogP contribution in [-0.2, 0) is 4.79 Å². The smallest absolute Gasteiger partial charge is 0.255 e. The summed E-state index contributed by atoms with van der Waals surface area (Å²) in [5.41, 5.74) is 1.09. The fraction of sp³-hybridized carbons (Fsp3) is 0.300. The average molecular weight is 419 g/mol. The second-order valence-electron chi connectivity index (χ2n) is 6.12. The maximum Gasteiger partial charge on any atom is 0.255 e. The zero-order valence-electron chi connectivity index (χ0n) is 15.1. The number of halogens is 1. The van der Waals surface area contributed by atoms with Gasteiger partial charge in [-0.25, -0.2) is 0 Å². The number of anilines is 1. The fourth-order valence-electron chi connectivity index (χ4n) is 2.44. The van der Waals surface area contributed by atoms with Crippen LogP contribution in [0.4, 0.5) is 5.69 Å². The van der Waals surface area contributed by atoms with Crippen molar-refractivity contribution >= 4 is 33.4 Å². The van der Waals surface area contributed by atoms with Crippen LogP contribution in [0.5, 0.6) is 5.75 Å². The maximum absolute atomic E-state index is 12.7. The Balaban J connectivity index is 2.13. The average Bonchev–Trinajstić information content (AvgIpc) is 2.61. The van der Waals surface area contributed by atoms with Gasteiger partial charge in [-0.2, -0.15) is 0 Å². The second-order valence-corrected chi connectivity index (χ2v) is 7.04. The molecule has 0 unspecified atom stereocenters. The number of rotatable bonds is 7. The summed E-state index contributed by atoms with van der Waals surface area (Å²) in [7, 11) is 0. The molecule has 0 fully saturated rings. The monoisotopic (exact) mass is 418 g/mol. The highest BCUT2D eigenvalue weighted by molar-refractivity contribution is 9.10. The lowest BCUT2D eigenvalue weighted by atomic mass is 10.0. The molecule has 2 rings (SSSR count). The summed E-state index contributed by atoms with van der Waals surface area (Å²) < 4.78 is 6.43. The number of ether oxygens (including phenoxy) is 1. The molecule has 0 bridgehead atoms. The Labute approximate surface area is 162 Å². The van der Waals surface area contributed by atoms with Crippen LogP contribution in [0.3, 0.4) is 0 Å². The van der Waals surface area contributed by atoms with Crippen LogP contribution >= 0.6 is 15.9 Å². The van der Waals surface area contributed by atoms with Crippen LogP contribution in [0.2, 0.25) is 0 Å². The van der Waals surface area contributed by atoms with Gasteiger partial charge >= 0.3 is 0 Å². The highest BCUT2D eigenvalue weighted by Gasteiger charge is 2.26. The molecule has 2 aromatic carbocycles. The number of para-hydroxylation sites is 1. The van der Waals surface area contributed by atoms with Crippen LogP contribution < -0.4 is 15.4 Å². The van der Waals surface area contributed by atoms with E-state index in [1.807, 2.05) is 39.0 Å². The Hall–Kier alpha value is -2.34. The molecule has 2 amide bonds. The van der Waals surface area contributed by atoms with Gasteiger partial charge < -0.3 is 15.4 Å². The van der Waals surface area contributed by atoms with Gasteiger partial charge in [-0.05, 0) is 49.2 Å². The molecule has 0 aromatic heterocycles. The van der Waals surface area contributed by atoms with E-state index in [9.17, 15) is 9.59 Å². The highest BCUT2D eigenvalue weighted by atomic mass is 79.9. The molecule has 0 spiro atoms. The van der Waals surface area contributed by atoms with E-state index in [-0.39, 0.29) is 17.7 Å². The van der Waals surface area contributed by atoms with E-state index in [0.29, 0.717) is 23.6 Å². The van der Waals surface area contributed by atoms with Gasteiger partial charge in [-0.3, -0.25) is 9.59 Å². The van der Waals surface area contributed by atoms with Crippen molar-refractivity contribution in [1.29, 1.82) is 0 Å². The lowest BCUT2D eigenvalue weighted by Gasteiger charge is -2.22. The fourth-order valence-corrected chi connectivity index (χ4v) is 2.71. The molecule has 1 atom stereocenters. The third kappa shape index (κ3) is 5.33. The third-order valence-electron chi connectivity index (χ3n) is 3.78. The largest absolute Gasteiger partial charge is 0.493 e. The number of hydrogen-bond acceptors (Lipinski definition) is 3. The highest BCUT2D eigenvalue weighted by Crippen LogP contribution is 2.19. The Kier molecular flexibility index (Phi) is 7.21. The van der Waals surface area contributed by atoms with Crippen LogP contribution in [-0.4, -0.2) is 24.5 Å². The van der Waals surface area contributed by atoms with Crippen molar-refractivity contribution in [3.8, 4) is 5.75 Å². The Morgan fingerprint density at radius 2 is 1.73 bits per heavy atom. The van der Waals surface area contributed by atoms with Crippen molar-refractivity contribution in [2.24, 2.45) is 5.92 Å². The minimum atomic E-state index is -0.666. The number of hydrogen-bond donors (Lipinski definition) is 2. The van der Waals surface area contributed by atoms with Gasteiger partial charge in [0.15, 0.2) is 0 Å². The lowest BCUT2D eigenvalue weighted by Crippen LogP contribution is -2.47. The molecule has 0 aliphatic heterocycles. The first-order valence-corrected chi connectivity index (χ1v) is 9.30. The SMILES string of the molecule is CCOc1ccccc1C(=O)N[C@H](C(=O)Nc1ccc(Br)cc1)C(C)C. The van der Waals surface area contributed by atoms with Crippen molar-refractivity contribution < 1.29 is 14.3 Å². The van der Waals surface area contributed by atoms with Crippen LogP contribution in [0, 0.1) is 5.92 Å². The Morgan fingerprint density at radius 1 is 1.08 bits per heavy atom. The Bertz CT molecular complexity index is 760. The number of carbonyl (C=O) groups is 2. The molecular weight excluding hydrogens is 396 g/mol. The van der Waals surface area contributed by atoms with Gasteiger partial charge in [0.05, 0.1) is 12.2 Å². The van der Waals surface area contributed by atoms with Crippen LogP contribution in [0.15, 0.2) is 53.0 Å². The van der Waals surface area contributed by atoms with E-state index in [1.54, 1.807) is 30.3 Å². The molecule has 0 radical (unpaired) electrons. The van der Waals surface area contributed by atoms with Gasteiger partial charge in [-0.1, -0.05) is 41.9 Å². The first kappa shape index (κ1) is 20.0. The van der Waals surface area contributed by atoms with Gasteiger partial charge in [0.25, 0.3) is 5.91 Å². The molecule has 26 heavy (non-hydrogen) atoms. The summed E-state index contributed by atoms with van der Waals surface area (Å²) in [6.07, 6.45) is 0. The summed E-state index contributed by atoms with van der Waals surface area (Å²) in [5, 5.41) is 5.66. The number of benzene rings is 2. The van der Waals surface area contributed by atoms with E-state index >= 15 is 0 Å². The molecular formula is C20H23BrN2O3. The lowest BCUT2D eigenvalue weighted by molar-refractivity contribution is -0.118. The zero-order valence-corrected chi connectivity index (χ0v) is 16.7. The predicted molar refractivity (Wildman–Crippen MR) is 106 cm³/mol. The number of amides is 2. The second kappa shape index (κ2) is 9.38. The van der Waals surface area contributed by atoms with Gasteiger partial charge in [0.2, 0.25) is 5.91 Å². The third-order valence-corrected chi connectivity index (χ3v) is 4.31. The van der Waals surface area contributed by atoms with Crippen LogP contribution in [0.25, 0.3) is 0 Å². The molecule has 5 nitrogen and oxygen atoms in total. The van der Waals surface area contributed by atoms with Crippen molar-refractivity contribution in [3.05, 3.63) is 58.6 Å².